The Morgan fingerprint density at radius 2 is 1.68 bits per heavy atom. The molecule has 4 rings (SSSR count). The first-order valence-electron chi connectivity index (χ1n) is 8.14. The molecule has 1 N–H and O–H groups in total. The molecule has 2 aromatic heterocycles. The lowest BCUT2D eigenvalue weighted by molar-refractivity contribution is -0.121. The smallest absolute Gasteiger partial charge is 0.241 e. The summed E-state index contributed by atoms with van der Waals surface area (Å²) in [6.07, 6.45) is 2.05. The zero-order chi connectivity index (χ0) is 17.1. The fourth-order valence-electron chi connectivity index (χ4n) is 3.05. The van der Waals surface area contributed by atoms with E-state index in [1.165, 1.54) is 10.8 Å². The largest absolute Gasteiger partial charge is 0.340 e. The molecule has 2 aromatic carbocycles. The molecule has 0 atom stereocenters. The number of nitrogens with one attached hydrogen (secondary N) is 1. The summed E-state index contributed by atoms with van der Waals surface area (Å²) in [5, 5.41) is 8.43. The molecule has 0 spiro atoms. The number of hydrogen-bond acceptors (Lipinski definition) is 3. The standard InChI is InChI=1S/C20H17N3OS/c24-20(22-21-14-15-6-5-13-25-15)11-12-23-18-9-3-1-7-16(18)17-8-2-4-10-19(17)23/h1-10,13-14H,11-12H2,(H,22,24). The van der Waals surface area contributed by atoms with Gasteiger partial charge in [-0.25, -0.2) is 5.43 Å². The topological polar surface area (TPSA) is 46.4 Å². The molecule has 5 heteroatoms. The van der Waals surface area contributed by atoms with Crippen molar-refractivity contribution in [1.82, 2.24) is 9.99 Å². The van der Waals surface area contributed by atoms with E-state index in [1.807, 2.05) is 41.8 Å². The second kappa shape index (κ2) is 6.91. The molecule has 124 valence electrons. The highest BCUT2D eigenvalue weighted by molar-refractivity contribution is 7.11. The number of hydrogen-bond donors (Lipinski definition) is 1. The van der Waals surface area contributed by atoms with Gasteiger partial charge in [0.1, 0.15) is 0 Å². The lowest BCUT2D eigenvalue weighted by Gasteiger charge is -2.06. The number of thiophene rings is 1. The van der Waals surface area contributed by atoms with Gasteiger partial charge in [0.05, 0.1) is 6.21 Å². The summed E-state index contributed by atoms with van der Waals surface area (Å²) < 4.78 is 2.20. The molecule has 1 amide bonds. The number of aryl methyl sites for hydroxylation is 1. The SMILES string of the molecule is O=C(CCn1c2ccccc2c2ccccc21)NN=Cc1cccs1. The van der Waals surface area contributed by atoms with Gasteiger partial charge in [-0.05, 0) is 23.6 Å². The molecule has 0 unspecified atom stereocenters. The number of hydrazone groups is 1. The van der Waals surface area contributed by atoms with Gasteiger partial charge in [-0.3, -0.25) is 4.79 Å². The normalized spacial score (nSPS) is 11.5. The predicted molar refractivity (Wildman–Crippen MR) is 104 cm³/mol. The average molecular weight is 347 g/mol. The molecule has 0 aliphatic rings. The molecule has 0 aliphatic heterocycles. The maximum absolute atomic E-state index is 12.1. The maximum atomic E-state index is 12.1. The van der Waals surface area contributed by atoms with Gasteiger partial charge >= 0.3 is 0 Å². The monoisotopic (exact) mass is 347 g/mol. The van der Waals surface area contributed by atoms with Crippen molar-refractivity contribution in [2.75, 3.05) is 0 Å². The Hall–Kier alpha value is -2.92. The third-order valence-corrected chi connectivity index (χ3v) is 4.97. The first-order chi connectivity index (χ1) is 12.3. The predicted octanol–water partition coefficient (Wildman–Crippen LogP) is 4.40. The lowest BCUT2D eigenvalue weighted by Crippen LogP contribution is -2.19. The van der Waals surface area contributed by atoms with Gasteiger partial charge in [0, 0.05) is 39.6 Å². The van der Waals surface area contributed by atoms with Crippen LogP contribution in [-0.2, 0) is 11.3 Å². The lowest BCUT2D eigenvalue weighted by atomic mass is 10.2. The fourth-order valence-corrected chi connectivity index (χ4v) is 3.63. The number of aromatic nitrogens is 1. The van der Waals surface area contributed by atoms with Gasteiger partial charge in [0.15, 0.2) is 0 Å². The minimum atomic E-state index is -0.0883. The van der Waals surface area contributed by atoms with Gasteiger partial charge in [0.2, 0.25) is 5.91 Å². The molecule has 0 bridgehead atoms. The quantitative estimate of drug-likeness (QED) is 0.422. The second-order valence-corrected chi connectivity index (χ2v) is 6.72. The zero-order valence-electron chi connectivity index (χ0n) is 13.6. The van der Waals surface area contributed by atoms with Gasteiger partial charge in [-0.15, -0.1) is 11.3 Å². The number of carbonyl (C=O) groups excluding carboxylic acids is 1. The van der Waals surface area contributed by atoms with Crippen LogP contribution >= 0.6 is 11.3 Å². The van der Waals surface area contributed by atoms with E-state index in [0.717, 1.165) is 15.9 Å². The molecule has 0 aliphatic carbocycles. The summed E-state index contributed by atoms with van der Waals surface area (Å²) in [5.41, 5.74) is 4.91. The van der Waals surface area contributed by atoms with E-state index in [4.69, 9.17) is 0 Å². The number of carbonyl (C=O) groups is 1. The van der Waals surface area contributed by atoms with Crippen molar-refractivity contribution in [3.05, 3.63) is 70.9 Å². The summed E-state index contributed by atoms with van der Waals surface area (Å²) >= 11 is 1.58. The van der Waals surface area contributed by atoms with Gasteiger partial charge in [0.25, 0.3) is 0 Å². The summed E-state index contributed by atoms with van der Waals surface area (Å²) in [6.45, 7) is 0.619. The summed E-state index contributed by atoms with van der Waals surface area (Å²) in [5.74, 6) is -0.0883. The van der Waals surface area contributed by atoms with Crippen LogP contribution in [0.1, 0.15) is 11.3 Å². The maximum Gasteiger partial charge on any atom is 0.241 e. The average Bonchev–Trinajstić information content (AvgIpc) is 3.26. The van der Waals surface area contributed by atoms with E-state index < -0.39 is 0 Å². The van der Waals surface area contributed by atoms with Gasteiger partial charge < -0.3 is 4.57 Å². The van der Waals surface area contributed by atoms with Crippen molar-refractivity contribution < 1.29 is 4.79 Å². The second-order valence-electron chi connectivity index (χ2n) is 5.74. The minimum Gasteiger partial charge on any atom is -0.340 e. The van der Waals surface area contributed by atoms with Crippen molar-refractivity contribution >= 4 is 45.3 Å². The van der Waals surface area contributed by atoms with E-state index in [1.54, 1.807) is 17.6 Å². The van der Waals surface area contributed by atoms with Crippen LogP contribution in [0.2, 0.25) is 0 Å². The summed E-state index contributed by atoms with van der Waals surface area (Å²) in [4.78, 5) is 13.1. The Morgan fingerprint density at radius 3 is 2.32 bits per heavy atom. The van der Waals surface area contributed by atoms with Crippen molar-refractivity contribution in [3.63, 3.8) is 0 Å². The third-order valence-electron chi connectivity index (χ3n) is 4.17. The zero-order valence-corrected chi connectivity index (χ0v) is 14.4. The van der Waals surface area contributed by atoms with Crippen LogP contribution in [0.3, 0.4) is 0 Å². The molecule has 4 nitrogen and oxygen atoms in total. The summed E-state index contributed by atoms with van der Waals surface area (Å²) in [6, 6.07) is 20.5. The number of rotatable bonds is 5. The molecule has 25 heavy (non-hydrogen) atoms. The molecule has 0 radical (unpaired) electrons. The van der Waals surface area contributed by atoms with Crippen LogP contribution < -0.4 is 5.43 Å². The first kappa shape index (κ1) is 15.6. The molecule has 2 heterocycles. The van der Waals surface area contributed by atoms with E-state index >= 15 is 0 Å². The number of benzene rings is 2. The van der Waals surface area contributed by atoms with E-state index in [-0.39, 0.29) is 5.91 Å². The number of para-hydroxylation sites is 2. The Balaban J connectivity index is 1.51. The first-order valence-corrected chi connectivity index (χ1v) is 9.02. The van der Waals surface area contributed by atoms with E-state index in [9.17, 15) is 4.79 Å². The minimum absolute atomic E-state index is 0.0883. The van der Waals surface area contributed by atoms with Crippen LogP contribution in [0.25, 0.3) is 21.8 Å². The Labute approximate surface area is 149 Å². The highest BCUT2D eigenvalue weighted by atomic mass is 32.1. The Morgan fingerprint density at radius 1 is 1.00 bits per heavy atom. The van der Waals surface area contributed by atoms with Gasteiger partial charge in [-0.1, -0.05) is 42.5 Å². The van der Waals surface area contributed by atoms with Gasteiger partial charge in [-0.2, -0.15) is 5.10 Å². The van der Waals surface area contributed by atoms with Crippen molar-refractivity contribution in [2.24, 2.45) is 5.10 Å². The summed E-state index contributed by atoms with van der Waals surface area (Å²) in [7, 11) is 0. The van der Waals surface area contributed by atoms with Crippen LogP contribution in [0.4, 0.5) is 0 Å². The molecule has 0 saturated heterocycles. The third kappa shape index (κ3) is 3.19. The van der Waals surface area contributed by atoms with Crippen molar-refractivity contribution in [1.29, 1.82) is 0 Å². The number of fused-ring (bicyclic) bond motifs is 3. The molecule has 4 aromatic rings. The molecule has 0 saturated carbocycles. The van der Waals surface area contributed by atoms with E-state index in [2.05, 4.69) is 39.4 Å². The molecule has 0 fully saturated rings. The van der Waals surface area contributed by atoms with Crippen LogP contribution in [0, 0.1) is 0 Å². The molecular formula is C20H17N3OS. The number of amides is 1. The van der Waals surface area contributed by atoms with Crippen LogP contribution in [-0.4, -0.2) is 16.7 Å². The highest BCUT2D eigenvalue weighted by Gasteiger charge is 2.10. The number of nitrogens with zero attached hydrogens (tertiary/aromatic N) is 2. The fraction of sp³-hybridized carbons (Fsp3) is 0.100. The molecular weight excluding hydrogens is 330 g/mol. The van der Waals surface area contributed by atoms with Crippen LogP contribution in [0.5, 0.6) is 0 Å². The van der Waals surface area contributed by atoms with Crippen LogP contribution in [0.15, 0.2) is 71.1 Å². The van der Waals surface area contributed by atoms with E-state index in [0.29, 0.717) is 13.0 Å². The van der Waals surface area contributed by atoms with Crippen molar-refractivity contribution in [3.8, 4) is 0 Å². The van der Waals surface area contributed by atoms with Crippen molar-refractivity contribution in [2.45, 2.75) is 13.0 Å². The highest BCUT2D eigenvalue weighted by Crippen LogP contribution is 2.28. The Kier molecular flexibility index (Phi) is 4.31. The Bertz CT molecular complexity index is 994.